The lowest BCUT2D eigenvalue weighted by Crippen LogP contribution is -2.38. The summed E-state index contributed by atoms with van der Waals surface area (Å²) in [5, 5.41) is 0.522. The van der Waals surface area contributed by atoms with E-state index in [1.54, 1.807) is 0 Å². The second-order valence-electron chi connectivity index (χ2n) is 4.18. The lowest BCUT2D eigenvalue weighted by molar-refractivity contribution is 0.270. The molecule has 0 aliphatic carbocycles. The Morgan fingerprint density at radius 3 is 3.00 bits per heavy atom. The molecule has 0 amide bonds. The molecule has 1 aromatic heterocycles. The third kappa shape index (κ3) is 2.47. The van der Waals surface area contributed by atoms with Gasteiger partial charge in [-0.05, 0) is 25.9 Å². The van der Waals surface area contributed by atoms with Crippen LogP contribution in [0.25, 0.3) is 0 Å². The molecule has 2 heterocycles. The molecule has 0 bridgehead atoms. The Morgan fingerprint density at radius 2 is 2.38 bits per heavy atom. The maximum Gasteiger partial charge on any atom is 0.187 e. The van der Waals surface area contributed by atoms with Crippen molar-refractivity contribution in [3.63, 3.8) is 0 Å². The van der Waals surface area contributed by atoms with Gasteiger partial charge in [0.15, 0.2) is 11.0 Å². The molecule has 4 nitrogen and oxygen atoms in total. The molecule has 0 N–H and O–H groups in total. The standard InChI is InChI=1S/C10H17ClN4S/c1-3-15-6-4-5-8(15)7-14(2)10-9(11)12-16-13-10/h8H,3-7H2,1-2H3. The van der Waals surface area contributed by atoms with Gasteiger partial charge in [0.25, 0.3) is 0 Å². The van der Waals surface area contributed by atoms with Crippen LogP contribution in [0.3, 0.4) is 0 Å². The van der Waals surface area contributed by atoms with Crippen molar-refractivity contribution in [1.82, 2.24) is 13.6 Å². The summed E-state index contributed by atoms with van der Waals surface area (Å²) >= 11 is 7.14. The zero-order valence-corrected chi connectivity index (χ0v) is 11.3. The molecule has 90 valence electrons. The maximum atomic E-state index is 5.97. The number of rotatable bonds is 4. The fourth-order valence-corrected chi connectivity index (χ4v) is 3.15. The number of likely N-dealkylation sites (N-methyl/N-ethyl adjacent to an activating group) is 2. The molecule has 1 saturated heterocycles. The van der Waals surface area contributed by atoms with Crippen molar-refractivity contribution in [2.24, 2.45) is 0 Å². The number of aromatic nitrogens is 2. The van der Waals surface area contributed by atoms with Crippen molar-refractivity contribution >= 4 is 29.1 Å². The highest BCUT2D eigenvalue weighted by atomic mass is 35.5. The molecule has 1 aliphatic rings. The van der Waals surface area contributed by atoms with E-state index in [0.717, 1.165) is 18.9 Å². The van der Waals surface area contributed by atoms with Crippen LogP contribution in [0.2, 0.25) is 5.15 Å². The second kappa shape index (κ2) is 5.29. The largest absolute Gasteiger partial charge is 0.355 e. The van der Waals surface area contributed by atoms with Gasteiger partial charge in [-0.1, -0.05) is 18.5 Å². The first-order valence-electron chi connectivity index (χ1n) is 5.65. The molecular weight excluding hydrogens is 244 g/mol. The molecule has 1 fully saturated rings. The van der Waals surface area contributed by atoms with E-state index < -0.39 is 0 Å². The summed E-state index contributed by atoms with van der Waals surface area (Å²) in [6, 6.07) is 0.632. The van der Waals surface area contributed by atoms with E-state index in [0.29, 0.717) is 11.2 Å². The van der Waals surface area contributed by atoms with Gasteiger partial charge in [0.2, 0.25) is 0 Å². The molecule has 2 rings (SSSR count). The minimum atomic E-state index is 0.522. The second-order valence-corrected chi connectivity index (χ2v) is 5.07. The monoisotopic (exact) mass is 260 g/mol. The SMILES string of the molecule is CCN1CCCC1CN(C)c1nsnc1Cl. The highest BCUT2D eigenvalue weighted by Crippen LogP contribution is 2.24. The molecule has 6 heteroatoms. The van der Waals surface area contributed by atoms with Crippen LogP contribution in [0.15, 0.2) is 0 Å². The topological polar surface area (TPSA) is 32.3 Å². The molecule has 1 aromatic rings. The van der Waals surface area contributed by atoms with Crippen LogP contribution in [0, 0.1) is 0 Å². The molecule has 1 atom stereocenters. The van der Waals surface area contributed by atoms with Gasteiger partial charge in [-0.15, -0.1) is 0 Å². The van der Waals surface area contributed by atoms with Gasteiger partial charge in [0, 0.05) is 19.6 Å². The summed E-state index contributed by atoms with van der Waals surface area (Å²) in [5.41, 5.74) is 0. The Labute approximate surface area is 106 Å². The number of likely N-dealkylation sites (tertiary alicyclic amines) is 1. The van der Waals surface area contributed by atoms with Crippen molar-refractivity contribution in [1.29, 1.82) is 0 Å². The average molecular weight is 261 g/mol. The Bertz CT molecular complexity index is 343. The smallest absolute Gasteiger partial charge is 0.187 e. The quantitative estimate of drug-likeness (QED) is 0.830. The summed E-state index contributed by atoms with van der Waals surface area (Å²) in [6.45, 7) is 5.55. The normalized spacial score (nSPS) is 21.6. The molecule has 1 unspecified atom stereocenters. The lowest BCUT2D eigenvalue weighted by Gasteiger charge is -2.27. The van der Waals surface area contributed by atoms with Crippen molar-refractivity contribution in [3.05, 3.63) is 5.15 Å². The summed E-state index contributed by atoms with van der Waals surface area (Å²) in [7, 11) is 2.04. The van der Waals surface area contributed by atoms with Gasteiger partial charge in [0.05, 0.1) is 11.7 Å². The number of nitrogens with zero attached hydrogens (tertiary/aromatic N) is 4. The zero-order valence-electron chi connectivity index (χ0n) is 9.69. The van der Waals surface area contributed by atoms with Crippen molar-refractivity contribution in [3.8, 4) is 0 Å². The van der Waals surface area contributed by atoms with E-state index in [2.05, 4.69) is 25.5 Å². The average Bonchev–Trinajstić information content (AvgIpc) is 2.86. The molecule has 1 aliphatic heterocycles. The van der Waals surface area contributed by atoms with Gasteiger partial charge in [-0.25, -0.2) is 0 Å². The van der Waals surface area contributed by atoms with E-state index in [-0.39, 0.29) is 0 Å². The lowest BCUT2D eigenvalue weighted by atomic mass is 10.2. The van der Waals surface area contributed by atoms with Gasteiger partial charge in [-0.2, -0.15) is 8.75 Å². The van der Waals surface area contributed by atoms with Crippen molar-refractivity contribution < 1.29 is 0 Å². The molecule has 0 saturated carbocycles. The Morgan fingerprint density at radius 1 is 1.56 bits per heavy atom. The van der Waals surface area contributed by atoms with Crippen LogP contribution in [0.5, 0.6) is 0 Å². The first kappa shape index (κ1) is 12.1. The molecule has 0 aromatic carbocycles. The third-order valence-electron chi connectivity index (χ3n) is 3.18. The summed E-state index contributed by atoms with van der Waals surface area (Å²) < 4.78 is 8.21. The Balaban J connectivity index is 1.97. The van der Waals surface area contributed by atoms with E-state index in [4.69, 9.17) is 11.6 Å². The molecule has 0 radical (unpaired) electrons. The van der Waals surface area contributed by atoms with Gasteiger partial charge in [-0.3, -0.25) is 4.90 Å². The summed E-state index contributed by atoms with van der Waals surface area (Å²) in [6.07, 6.45) is 2.57. The van der Waals surface area contributed by atoms with E-state index in [1.807, 2.05) is 7.05 Å². The summed E-state index contributed by atoms with van der Waals surface area (Å²) in [5.74, 6) is 0.814. The minimum absolute atomic E-state index is 0.522. The van der Waals surface area contributed by atoms with E-state index >= 15 is 0 Å². The number of halogens is 1. The zero-order chi connectivity index (χ0) is 11.5. The molecule has 16 heavy (non-hydrogen) atoms. The van der Waals surface area contributed by atoms with Crippen LogP contribution in [-0.4, -0.2) is 46.4 Å². The fourth-order valence-electron chi connectivity index (χ4n) is 2.32. The molecular formula is C10H17ClN4S. The number of anilines is 1. The van der Waals surface area contributed by atoms with Crippen LogP contribution in [0.4, 0.5) is 5.82 Å². The van der Waals surface area contributed by atoms with E-state index in [1.165, 1.54) is 31.1 Å². The van der Waals surface area contributed by atoms with Crippen molar-refractivity contribution in [2.75, 3.05) is 31.6 Å². The number of hydrogen-bond acceptors (Lipinski definition) is 5. The van der Waals surface area contributed by atoms with Crippen molar-refractivity contribution in [2.45, 2.75) is 25.8 Å². The molecule has 0 spiro atoms. The van der Waals surface area contributed by atoms with Crippen LogP contribution >= 0.6 is 23.3 Å². The predicted molar refractivity (Wildman–Crippen MR) is 68.5 cm³/mol. The highest BCUT2D eigenvalue weighted by Gasteiger charge is 2.25. The first-order chi connectivity index (χ1) is 7.72. The summed E-state index contributed by atoms with van der Waals surface area (Å²) in [4.78, 5) is 4.63. The predicted octanol–water partition coefficient (Wildman–Crippen LogP) is 2.11. The fraction of sp³-hybridized carbons (Fsp3) is 0.800. The Hall–Kier alpha value is -0.390. The third-order valence-corrected chi connectivity index (χ3v) is 4.06. The highest BCUT2D eigenvalue weighted by molar-refractivity contribution is 6.99. The van der Waals surface area contributed by atoms with Gasteiger partial charge in [0.1, 0.15) is 0 Å². The minimum Gasteiger partial charge on any atom is -0.355 e. The van der Waals surface area contributed by atoms with E-state index in [9.17, 15) is 0 Å². The van der Waals surface area contributed by atoms with Gasteiger partial charge < -0.3 is 4.90 Å². The van der Waals surface area contributed by atoms with Crippen LogP contribution < -0.4 is 4.90 Å². The first-order valence-corrected chi connectivity index (χ1v) is 6.76. The maximum absolute atomic E-state index is 5.97. The van der Waals surface area contributed by atoms with Gasteiger partial charge >= 0.3 is 0 Å². The Kier molecular flexibility index (Phi) is 4.00. The van der Waals surface area contributed by atoms with Crippen LogP contribution in [0.1, 0.15) is 19.8 Å². The van der Waals surface area contributed by atoms with Crippen LogP contribution in [-0.2, 0) is 0 Å². The number of hydrogen-bond donors (Lipinski definition) is 0.